The minimum Gasteiger partial charge on any atom is -0.494 e. The molecule has 0 unspecified atom stereocenters. The van der Waals surface area contributed by atoms with E-state index in [0.717, 1.165) is 18.4 Å². The third-order valence-electron chi connectivity index (χ3n) is 4.55. The molecule has 6 N–H and O–H groups in total. The minimum absolute atomic E-state index is 0.0683. The van der Waals surface area contributed by atoms with E-state index in [2.05, 4.69) is 30.6 Å². The standard InChI is InChI=1S/C21H23N7O8S/c1-28(2)19(30)13-9-22-18(37-13)10-6-5-7-11(16(10)35-3)23-12-8-14(24-20(31)36-4)26-27-15(12)17(29)25-21(32,33)34/h5-9,32-34H,1-4H3,(H,25,29)(H2,23,24,26,31). The van der Waals surface area contributed by atoms with Crippen molar-refractivity contribution in [3.63, 3.8) is 0 Å². The third-order valence-corrected chi connectivity index (χ3v) is 5.57. The topological polar surface area (TPSA) is 208 Å². The number of aromatic nitrogens is 3. The van der Waals surface area contributed by atoms with Gasteiger partial charge in [0.25, 0.3) is 11.8 Å². The van der Waals surface area contributed by atoms with Crippen molar-refractivity contribution in [3.05, 3.63) is 41.0 Å². The summed E-state index contributed by atoms with van der Waals surface area (Å²) in [6.45, 7) is 0. The van der Waals surface area contributed by atoms with Gasteiger partial charge in [-0.3, -0.25) is 20.2 Å². The first kappa shape index (κ1) is 27.2. The van der Waals surface area contributed by atoms with Crippen molar-refractivity contribution >= 4 is 46.4 Å². The molecule has 2 aromatic heterocycles. The number of thiazole rings is 1. The van der Waals surface area contributed by atoms with Crippen LogP contribution in [0.25, 0.3) is 10.6 Å². The van der Waals surface area contributed by atoms with Crippen molar-refractivity contribution in [1.29, 1.82) is 0 Å². The fraction of sp³-hybridized carbons (Fsp3) is 0.238. The zero-order valence-electron chi connectivity index (χ0n) is 20.0. The summed E-state index contributed by atoms with van der Waals surface area (Å²) in [6.07, 6.45) is -2.93. The molecule has 0 saturated carbocycles. The van der Waals surface area contributed by atoms with Crippen LogP contribution in [0.4, 0.5) is 22.0 Å². The molecule has 0 spiro atoms. The molecule has 0 aliphatic carbocycles. The molecule has 196 valence electrons. The molecule has 15 nitrogen and oxygen atoms in total. The first-order chi connectivity index (χ1) is 17.4. The lowest BCUT2D eigenvalue weighted by Crippen LogP contribution is -2.48. The van der Waals surface area contributed by atoms with Crippen LogP contribution in [0, 0.1) is 0 Å². The van der Waals surface area contributed by atoms with Gasteiger partial charge in [0, 0.05) is 20.2 Å². The van der Waals surface area contributed by atoms with Gasteiger partial charge in [-0.1, -0.05) is 6.07 Å². The fourth-order valence-corrected chi connectivity index (χ4v) is 3.93. The number of carbonyl (C=O) groups excluding carboxylic acids is 3. The lowest BCUT2D eigenvalue weighted by molar-refractivity contribution is -0.323. The van der Waals surface area contributed by atoms with E-state index in [0.29, 0.717) is 21.1 Å². The molecular formula is C21H23N7O8S. The molecule has 0 atom stereocenters. The quantitative estimate of drug-likeness (QED) is 0.219. The molecule has 0 aliphatic rings. The average molecular weight is 534 g/mol. The van der Waals surface area contributed by atoms with E-state index in [1.54, 1.807) is 32.3 Å². The summed E-state index contributed by atoms with van der Waals surface area (Å²) < 4.78 is 10.1. The maximum absolute atomic E-state index is 12.5. The lowest BCUT2D eigenvalue weighted by atomic mass is 10.1. The number of para-hydroxylation sites is 1. The predicted molar refractivity (Wildman–Crippen MR) is 130 cm³/mol. The number of aliphatic hydroxyl groups is 3. The van der Waals surface area contributed by atoms with Crippen molar-refractivity contribution in [2.45, 2.75) is 6.10 Å². The number of hydrogen-bond donors (Lipinski definition) is 6. The SMILES string of the molecule is COC(=O)Nc1cc(Nc2cccc(-c3ncc(C(=O)N(C)C)s3)c2OC)c(C(=O)NC(O)(O)O)nn1. The molecular weight excluding hydrogens is 510 g/mol. The molecule has 0 bridgehead atoms. The number of hydrogen-bond acceptors (Lipinski definition) is 13. The van der Waals surface area contributed by atoms with Crippen LogP contribution < -0.4 is 20.7 Å². The molecule has 1 aromatic carbocycles. The summed E-state index contributed by atoms with van der Waals surface area (Å²) >= 11 is 1.15. The predicted octanol–water partition coefficient (Wildman–Crippen LogP) is 0.550. The Labute approximate surface area is 213 Å². The Balaban J connectivity index is 2.05. The highest BCUT2D eigenvalue weighted by Gasteiger charge is 2.27. The van der Waals surface area contributed by atoms with Crippen LogP contribution in [0.2, 0.25) is 0 Å². The summed E-state index contributed by atoms with van der Waals surface area (Å²) in [7, 11) is 5.80. The van der Waals surface area contributed by atoms with Crippen LogP contribution in [0.3, 0.4) is 0 Å². The van der Waals surface area contributed by atoms with Gasteiger partial charge in [0.2, 0.25) is 0 Å². The number of rotatable bonds is 8. The molecule has 2 heterocycles. The van der Waals surface area contributed by atoms with Gasteiger partial charge >= 0.3 is 12.2 Å². The molecule has 37 heavy (non-hydrogen) atoms. The average Bonchev–Trinajstić information content (AvgIpc) is 3.32. The van der Waals surface area contributed by atoms with Crippen LogP contribution >= 0.6 is 11.3 Å². The number of anilines is 3. The van der Waals surface area contributed by atoms with Crippen molar-refractivity contribution in [1.82, 2.24) is 25.4 Å². The van der Waals surface area contributed by atoms with Gasteiger partial charge in [0.15, 0.2) is 17.3 Å². The zero-order valence-corrected chi connectivity index (χ0v) is 20.8. The fourth-order valence-electron chi connectivity index (χ4n) is 2.97. The van der Waals surface area contributed by atoms with E-state index in [1.165, 1.54) is 29.6 Å². The van der Waals surface area contributed by atoms with E-state index in [9.17, 15) is 14.4 Å². The van der Waals surface area contributed by atoms with E-state index in [-0.39, 0.29) is 23.2 Å². The Morgan fingerprint density at radius 2 is 1.81 bits per heavy atom. The first-order valence-electron chi connectivity index (χ1n) is 10.3. The largest absolute Gasteiger partial charge is 0.494 e. The van der Waals surface area contributed by atoms with Crippen molar-refractivity contribution in [2.24, 2.45) is 0 Å². The van der Waals surface area contributed by atoms with Gasteiger partial charge in [0.1, 0.15) is 9.88 Å². The monoisotopic (exact) mass is 533 g/mol. The summed E-state index contributed by atoms with van der Waals surface area (Å²) in [6, 6.07) is 6.20. The number of benzene rings is 1. The lowest BCUT2D eigenvalue weighted by Gasteiger charge is -2.18. The third kappa shape index (κ3) is 6.64. The Kier molecular flexibility index (Phi) is 8.18. The van der Waals surface area contributed by atoms with Crippen LogP contribution in [0.5, 0.6) is 5.75 Å². The van der Waals surface area contributed by atoms with E-state index in [1.807, 2.05) is 0 Å². The maximum atomic E-state index is 12.5. The van der Waals surface area contributed by atoms with Gasteiger partial charge in [0.05, 0.1) is 37.4 Å². The first-order valence-corrected chi connectivity index (χ1v) is 11.1. The summed E-state index contributed by atoms with van der Waals surface area (Å²) in [5.41, 5.74) is 0.292. The highest BCUT2D eigenvalue weighted by atomic mass is 32.1. The normalized spacial score (nSPS) is 10.9. The van der Waals surface area contributed by atoms with E-state index < -0.39 is 23.8 Å². The number of carbonyl (C=O) groups is 3. The van der Waals surface area contributed by atoms with Crippen molar-refractivity contribution < 1.29 is 39.2 Å². The number of nitrogens with zero attached hydrogens (tertiary/aromatic N) is 4. The molecule has 0 aliphatic heterocycles. The molecule has 3 aromatic rings. The highest BCUT2D eigenvalue weighted by Crippen LogP contribution is 2.40. The smallest absolute Gasteiger partial charge is 0.412 e. The number of methoxy groups -OCH3 is 2. The minimum atomic E-state index is -3.52. The molecule has 3 amide bonds. The highest BCUT2D eigenvalue weighted by molar-refractivity contribution is 7.16. The van der Waals surface area contributed by atoms with Crippen molar-refractivity contribution in [3.8, 4) is 16.3 Å². The number of ether oxygens (including phenoxy) is 2. The molecule has 3 rings (SSSR count). The Morgan fingerprint density at radius 3 is 2.43 bits per heavy atom. The van der Waals surface area contributed by atoms with Gasteiger partial charge in [-0.05, 0) is 12.1 Å². The summed E-state index contributed by atoms with van der Waals surface area (Å²) in [4.78, 5) is 42.6. The van der Waals surface area contributed by atoms with Crippen LogP contribution in [-0.4, -0.2) is 87.7 Å². The molecule has 0 fully saturated rings. The maximum Gasteiger partial charge on any atom is 0.412 e. The van der Waals surface area contributed by atoms with Crippen molar-refractivity contribution in [2.75, 3.05) is 38.9 Å². The van der Waals surface area contributed by atoms with Crippen LogP contribution in [0.15, 0.2) is 30.5 Å². The summed E-state index contributed by atoms with van der Waals surface area (Å²) in [5, 5.41) is 42.0. The van der Waals surface area contributed by atoms with Gasteiger partial charge < -0.3 is 35.0 Å². The molecule has 0 saturated heterocycles. The van der Waals surface area contributed by atoms with Gasteiger partial charge in [-0.2, -0.15) is 0 Å². The van der Waals surface area contributed by atoms with Gasteiger partial charge in [-0.15, -0.1) is 21.5 Å². The number of amides is 3. The molecule has 0 radical (unpaired) electrons. The Hall–Kier alpha value is -4.38. The zero-order chi connectivity index (χ0) is 27.3. The second kappa shape index (κ2) is 11.1. The Morgan fingerprint density at radius 1 is 1.08 bits per heavy atom. The Bertz CT molecular complexity index is 1320. The van der Waals surface area contributed by atoms with Crippen LogP contribution in [-0.2, 0) is 4.74 Å². The second-order valence-electron chi connectivity index (χ2n) is 7.44. The number of nitrogens with one attached hydrogen (secondary N) is 3. The summed E-state index contributed by atoms with van der Waals surface area (Å²) in [5.74, 6) is -1.26. The molecule has 16 heteroatoms. The van der Waals surface area contributed by atoms with E-state index >= 15 is 0 Å². The van der Waals surface area contributed by atoms with E-state index in [4.69, 9.17) is 20.1 Å². The van der Waals surface area contributed by atoms with Gasteiger partial charge in [-0.25, -0.2) is 9.78 Å². The van der Waals surface area contributed by atoms with Crippen LogP contribution in [0.1, 0.15) is 20.2 Å². The second-order valence-corrected chi connectivity index (χ2v) is 8.47.